The fourth-order valence-electron chi connectivity index (χ4n) is 3.36. The second-order valence-corrected chi connectivity index (χ2v) is 6.20. The fourth-order valence-corrected chi connectivity index (χ4v) is 3.36. The van der Waals surface area contributed by atoms with Crippen molar-refractivity contribution in [1.82, 2.24) is 4.90 Å². The van der Waals surface area contributed by atoms with Gasteiger partial charge in [-0.15, -0.1) is 0 Å². The van der Waals surface area contributed by atoms with E-state index < -0.39 is 35.5 Å². The smallest absolute Gasteiger partial charge is 0.392 e. The van der Waals surface area contributed by atoms with Crippen LogP contribution in [0, 0.1) is 11.8 Å². The summed E-state index contributed by atoms with van der Waals surface area (Å²) in [4.78, 5) is 24.6. The number of aliphatic carboxylic acids is 1. The molecule has 126 valence electrons. The van der Waals surface area contributed by atoms with Gasteiger partial charge >= 0.3 is 12.1 Å². The Morgan fingerprint density at radius 2 is 1.64 bits per heavy atom. The molecule has 1 heterocycles. The number of halogens is 3. The zero-order valence-electron chi connectivity index (χ0n) is 12.1. The quantitative estimate of drug-likeness (QED) is 0.812. The molecule has 1 saturated carbocycles. The molecule has 2 fully saturated rings. The van der Waals surface area contributed by atoms with Gasteiger partial charge in [0.1, 0.15) is 0 Å². The molecule has 2 aliphatic rings. The summed E-state index contributed by atoms with van der Waals surface area (Å²) in [5, 5.41) is 18.7. The number of alkyl halides is 3. The topological polar surface area (TPSA) is 77.8 Å². The second kappa shape index (κ2) is 6.06. The minimum Gasteiger partial charge on any atom is -0.479 e. The first kappa shape index (κ1) is 17.1. The molecule has 1 aliphatic carbocycles. The summed E-state index contributed by atoms with van der Waals surface area (Å²) in [5.74, 6) is -4.61. The third-order valence-electron chi connectivity index (χ3n) is 4.80. The fraction of sp³-hybridized carbons (Fsp3) is 0.857. The van der Waals surface area contributed by atoms with Crippen molar-refractivity contribution in [2.45, 2.75) is 50.3 Å². The van der Waals surface area contributed by atoms with E-state index in [4.69, 9.17) is 5.11 Å². The SMILES string of the molecule is O=C(C1CCCCC1C(F)(F)F)N1CCC(O)(C(=O)O)CC1. The Labute approximate surface area is 126 Å². The van der Waals surface area contributed by atoms with Gasteiger partial charge in [-0.2, -0.15) is 13.2 Å². The molecular weight excluding hydrogens is 303 g/mol. The summed E-state index contributed by atoms with van der Waals surface area (Å²) in [7, 11) is 0. The van der Waals surface area contributed by atoms with E-state index >= 15 is 0 Å². The van der Waals surface area contributed by atoms with Gasteiger partial charge in [-0.3, -0.25) is 4.79 Å². The molecule has 2 N–H and O–H groups in total. The maximum Gasteiger partial charge on any atom is 0.392 e. The number of piperidine rings is 1. The molecule has 1 amide bonds. The predicted molar refractivity (Wildman–Crippen MR) is 69.9 cm³/mol. The Morgan fingerprint density at radius 1 is 1.09 bits per heavy atom. The van der Waals surface area contributed by atoms with Crippen LogP contribution in [0.5, 0.6) is 0 Å². The zero-order valence-corrected chi connectivity index (χ0v) is 12.1. The lowest BCUT2D eigenvalue weighted by molar-refractivity contribution is -0.201. The van der Waals surface area contributed by atoms with Gasteiger partial charge < -0.3 is 15.1 Å². The first-order chi connectivity index (χ1) is 10.1. The highest BCUT2D eigenvalue weighted by Gasteiger charge is 2.50. The third kappa shape index (κ3) is 3.37. The summed E-state index contributed by atoms with van der Waals surface area (Å²) >= 11 is 0. The van der Waals surface area contributed by atoms with Crippen LogP contribution in [0.3, 0.4) is 0 Å². The molecule has 1 saturated heterocycles. The molecule has 8 heteroatoms. The second-order valence-electron chi connectivity index (χ2n) is 6.20. The number of amides is 1. The van der Waals surface area contributed by atoms with Gasteiger partial charge in [0.15, 0.2) is 5.60 Å². The Balaban J connectivity index is 2.04. The van der Waals surface area contributed by atoms with Crippen molar-refractivity contribution >= 4 is 11.9 Å². The van der Waals surface area contributed by atoms with Crippen LogP contribution < -0.4 is 0 Å². The van der Waals surface area contributed by atoms with E-state index in [1.54, 1.807) is 0 Å². The van der Waals surface area contributed by atoms with Crippen molar-refractivity contribution in [2.24, 2.45) is 11.8 Å². The van der Waals surface area contributed by atoms with Crippen molar-refractivity contribution < 1.29 is 33.0 Å². The average Bonchev–Trinajstić information content (AvgIpc) is 2.46. The minimum absolute atomic E-state index is 0.0251. The van der Waals surface area contributed by atoms with Crippen molar-refractivity contribution in [2.75, 3.05) is 13.1 Å². The van der Waals surface area contributed by atoms with Crippen LogP contribution in [-0.4, -0.2) is 51.9 Å². The van der Waals surface area contributed by atoms with Crippen molar-refractivity contribution in [3.63, 3.8) is 0 Å². The van der Waals surface area contributed by atoms with Gasteiger partial charge in [0.05, 0.1) is 5.92 Å². The van der Waals surface area contributed by atoms with E-state index in [9.17, 15) is 27.9 Å². The van der Waals surface area contributed by atoms with Gasteiger partial charge in [-0.05, 0) is 12.8 Å². The first-order valence-corrected chi connectivity index (χ1v) is 7.46. The first-order valence-electron chi connectivity index (χ1n) is 7.46. The summed E-state index contributed by atoms with van der Waals surface area (Å²) in [6, 6.07) is 0. The molecule has 0 spiro atoms. The highest BCUT2D eigenvalue weighted by atomic mass is 19.4. The number of carbonyl (C=O) groups is 2. The standard InChI is InChI=1S/C14H20F3NO4/c15-14(16,17)10-4-2-1-3-9(10)11(19)18-7-5-13(22,6-8-18)12(20)21/h9-10,22H,1-8H2,(H,20,21). The number of hydrogen-bond acceptors (Lipinski definition) is 3. The zero-order chi connectivity index (χ0) is 16.5. The number of nitrogens with zero attached hydrogens (tertiary/aromatic N) is 1. The third-order valence-corrected chi connectivity index (χ3v) is 4.80. The highest BCUT2D eigenvalue weighted by Crippen LogP contribution is 2.42. The number of rotatable bonds is 2. The number of carboxylic acid groups (broad SMARTS) is 1. The van der Waals surface area contributed by atoms with Crippen LogP contribution in [0.25, 0.3) is 0 Å². The van der Waals surface area contributed by atoms with Crippen LogP contribution in [-0.2, 0) is 9.59 Å². The van der Waals surface area contributed by atoms with Crippen LogP contribution >= 0.6 is 0 Å². The number of carboxylic acids is 1. The normalized spacial score (nSPS) is 29.2. The van der Waals surface area contributed by atoms with E-state index in [2.05, 4.69) is 0 Å². The number of aliphatic hydroxyl groups is 1. The molecular formula is C14H20F3NO4. The van der Waals surface area contributed by atoms with E-state index in [-0.39, 0.29) is 38.8 Å². The molecule has 2 unspecified atom stereocenters. The average molecular weight is 323 g/mol. The van der Waals surface area contributed by atoms with E-state index in [0.717, 1.165) is 0 Å². The van der Waals surface area contributed by atoms with Crippen molar-refractivity contribution in [3.05, 3.63) is 0 Å². The van der Waals surface area contributed by atoms with Gasteiger partial charge in [0, 0.05) is 31.8 Å². The molecule has 0 aromatic heterocycles. The van der Waals surface area contributed by atoms with E-state index in [0.29, 0.717) is 12.8 Å². The molecule has 2 rings (SSSR count). The molecule has 5 nitrogen and oxygen atoms in total. The largest absolute Gasteiger partial charge is 0.479 e. The highest BCUT2D eigenvalue weighted by molar-refractivity contribution is 5.81. The summed E-state index contributed by atoms with van der Waals surface area (Å²) in [6.45, 7) is -0.0502. The van der Waals surface area contributed by atoms with Crippen LogP contribution in [0.15, 0.2) is 0 Å². The Morgan fingerprint density at radius 3 is 2.14 bits per heavy atom. The molecule has 2 atom stereocenters. The Kier molecular flexibility index (Phi) is 4.70. The summed E-state index contributed by atoms with van der Waals surface area (Å²) < 4.78 is 39.2. The van der Waals surface area contributed by atoms with Crippen LogP contribution in [0.4, 0.5) is 13.2 Å². The Bertz CT molecular complexity index is 444. The maximum atomic E-state index is 13.1. The molecule has 0 aromatic rings. The van der Waals surface area contributed by atoms with E-state index in [1.807, 2.05) is 0 Å². The lowest BCUT2D eigenvalue weighted by Gasteiger charge is -2.40. The molecule has 0 radical (unpaired) electrons. The maximum absolute atomic E-state index is 13.1. The van der Waals surface area contributed by atoms with Gasteiger partial charge in [-0.25, -0.2) is 4.79 Å². The van der Waals surface area contributed by atoms with Crippen LogP contribution in [0.2, 0.25) is 0 Å². The van der Waals surface area contributed by atoms with Crippen molar-refractivity contribution in [1.29, 1.82) is 0 Å². The minimum atomic E-state index is -4.39. The molecule has 0 bridgehead atoms. The number of carbonyl (C=O) groups excluding carboxylic acids is 1. The van der Waals surface area contributed by atoms with Gasteiger partial charge in [-0.1, -0.05) is 12.8 Å². The Hall–Kier alpha value is -1.31. The molecule has 22 heavy (non-hydrogen) atoms. The lowest BCUT2D eigenvalue weighted by Crippen LogP contribution is -2.53. The number of likely N-dealkylation sites (tertiary alicyclic amines) is 1. The molecule has 0 aromatic carbocycles. The molecule has 1 aliphatic heterocycles. The predicted octanol–water partition coefficient (Wildman–Crippen LogP) is 1.79. The number of hydrogen-bond donors (Lipinski definition) is 2. The lowest BCUT2D eigenvalue weighted by atomic mass is 9.77. The monoisotopic (exact) mass is 323 g/mol. The van der Waals surface area contributed by atoms with Crippen LogP contribution in [0.1, 0.15) is 38.5 Å². The van der Waals surface area contributed by atoms with E-state index in [1.165, 1.54) is 4.90 Å². The van der Waals surface area contributed by atoms with Crippen molar-refractivity contribution in [3.8, 4) is 0 Å². The summed E-state index contributed by atoms with van der Waals surface area (Å²) in [6.07, 6.45) is -3.47. The van der Waals surface area contributed by atoms with Gasteiger partial charge in [0.2, 0.25) is 5.91 Å². The summed E-state index contributed by atoms with van der Waals surface area (Å²) in [5.41, 5.74) is -1.88. The van der Waals surface area contributed by atoms with Gasteiger partial charge in [0.25, 0.3) is 0 Å².